The molecule has 4 heteroatoms. The first-order valence-corrected chi connectivity index (χ1v) is 6.41. The second kappa shape index (κ2) is 5.98. The summed E-state index contributed by atoms with van der Waals surface area (Å²) in [5.74, 6) is -0.217. The van der Waals surface area contributed by atoms with Crippen LogP contribution in [0.15, 0.2) is 36.5 Å². The molecule has 0 fully saturated rings. The SMILES string of the molecule is CCc1cccc(C)c1NC(=O)c1ccc(C#N)nc1. The Morgan fingerprint density at radius 3 is 2.75 bits per heavy atom. The van der Waals surface area contributed by atoms with E-state index in [0.29, 0.717) is 11.3 Å². The summed E-state index contributed by atoms with van der Waals surface area (Å²) in [6.07, 6.45) is 2.26. The fourth-order valence-electron chi connectivity index (χ4n) is 1.98. The average Bonchev–Trinajstić information content (AvgIpc) is 2.49. The maximum absolute atomic E-state index is 12.2. The lowest BCUT2D eigenvalue weighted by atomic mass is 10.1. The van der Waals surface area contributed by atoms with E-state index in [-0.39, 0.29) is 5.91 Å². The molecule has 1 aromatic carbocycles. The molecule has 0 aliphatic rings. The van der Waals surface area contributed by atoms with Crippen molar-refractivity contribution in [3.8, 4) is 6.07 Å². The Morgan fingerprint density at radius 1 is 1.35 bits per heavy atom. The van der Waals surface area contributed by atoms with Gasteiger partial charge in [-0.25, -0.2) is 4.98 Å². The van der Waals surface area contributed by atoms with E-state index < -0.39 is 0 Å². The van der Waals surface area contributed by atoms with Crippen LogP contribution in [0.3, 0.4) is 0 Å². The number of anilines is 1. The van der Waals surface area contributed by atoms with Gasteiger partial charge in [-0.1, -0.05) is 25.1 Å². The number of carbonyl (C=O) groups is 1. The van der Waals surface area contributed by atoms with E-state index in [0.717, 1.165) is 23.2 Å². The Hall–Kier alpha value is -2.67. The van der Waals surface area contributed by atoms with Crippen LogP contribution in [0.5, 0.6) is 0 Å². The lowest BCUT2D eigenvalue weighted by molar-refractivity contribution is 0.102. The number of pyridine rings is 1. The number of benzene rings is 1. The molecule has 0 aliphatic carbocycles. The van der Waals surface area contributed by atoms with Crippen molar-refractivity contribution in [3.05, 3.63) is 58.9 Å². The van der Waals surface area contributed by atoms with E-state index in [9.17, 15) is 4.79 Å². The van der Waals surface area contributed by atoms with Gasteiger partial charge in [0.25, 0.3) is 5.91 Å². The molecule has 1 N–H and O–H groups in total. The van der Waals surface area contributed by atoms with Crippen LogP contribution >= 0.6 is 0 Å². The number of nitrogens with one attached hydrogen (secondary N) is 1. The Bertz CT molecular complexity index is 669. The summed E-state index contributed by atoms with van der Waals surface area (Å²) in [7, 11) is 0. The van der Waals surface area contributed by atoms with Gasteiger partial charge in [0, 0.05) is 11.9 Å². The predicted molar refractivity (Wildman–Crippen MR) is 77.5 cm³/mol. The Balaban J connectivity index is 2.25. The molecular weight excluding hydrogens is 250 g/mol. The first-order chi connectivity index (χ1) is 9.65. The van der Waals surface area contributed by atoms with Crippen molar-refractivity contribution in [2.24, 2.45) is 0 Å². The molecule has 0 spiro atoms. The highest BCUT2D eigenvalue weighted by molar-refractivity contribution is 6.04. The summed E-state index contributed by atoms with van der Waals surface area (Å²) < 4.78 is 0. The van der Waals surface area contributed by atoms with Crippen molar-refractivity contribution in [2.45, 2.75) is 20.3 Å². The van der Waals surface area contributed by atoms with E-state index in [4.69, 9.17) is 5.26 Å². The van der Waals surface area contributed by atoms with Gasteiger partial charge in [-0.15, -0.1) is 0 Å². The van der Waals surface area contributed by atoms with Crippen LogP contribution in [0.4, 0.5) is 5.69 Å². The number of aromatic nitrogens is 1. The zero-order valence-electron chi connectivity index (χ0n) is 11.5. The van der Waals surface area contributed by atoms with Crippen LogP contribution in [0, 0.1) is 18.3 Å². The number of rotatable bonds is 3. The molecule has 2 aromatic rings. The fraction of sp³-hybridized carbons (Fsp3) is 0.188. The van der Waals surface area contributed by atoms with Gasteiger partial charge < -0.3 is 5.32 Å². The maximum atomic E-state index is 12.2. The third-order valence-electron chi connectivity index (χ3n) is 3.12. The maximum Gasteiger partial charge on any atom is 0.257 e. The Kier molecular flexibility index (Phi) is 4.11. The van der Waals surface area contributed by atoms with E-state index in [1.165, 1.54) is 12.3 Å². The van der Waals surface area contributed by atoms with Gasteiger partial charge >= 0.3 is 0 Å². The molecule has 0 bridgehead atoms. The zero-order chi connectivity index (χ0) is 14.5. The van der Waals surface area contributed by atoms with Crippen LogP contribution in [-0.2, 0) is 6.42 Å². The lowest BCUT2D eigenvalue weighted by Gasteiger charge is -2.12. The molecule has 100 valence electrons. The summed E-state index contributed by atoms with van der Waals surface area (Å²) in [4.78, 5) is 16.1. The highest BCUT2D eigenvalue weighted by Crippen LogP contribution is 2.21. The number of nitrogens with zero attached hydrogens (tertiary/aromatic N) is 2. The smallest absolute Gasteiger partial charge is 0.257 e. The van der Waals surface area contributed by atoms with E-state index in [2.05, 4.69) is 10.3 Å². The van der Waals surface area contributed by atoms with Gasteiger partial charge in [0.1, 0.15) is 11.8 Å². The monoisotopic (exact) mass is 265 g/mol. The largest absolute Gasteiger partial charge is 0.321 e. The second-order valence-corrected chi connectivity index (χ2v) is 4.46. The molecule has 1 aromatic heterocycles. The topological polar surface area (TPSA) is 65.8 Å². The third-order valence-corrected chi connectivity index (χ3v) is 3.12. The molecule has 0 radical (unpaired) electrons. The summed E-state index contributed by atoms with van der Waals surface area (Å²) >= 11 is 0. The van der Waals surface area contributed by atoms with Crippen molar-refractivity contribution in [1.29, 1.82) is 5.26 Å². The van der Waals surface area contributed by atoms with E-state index in [1.54, 1.807) is 6.07 Å². The fourth-order valence-corrected chi connectivity index (χ4v) is 1.98. The molecule has 0 atom stereocenters. The predicted octanol–water partition coefficient (Wildman–Crippen LogP) is 3.08. The number of hydrogen-bond donors (Lipinski definition) is 1. The molecule has 2 rings (SSSR count). The van der Waals surface area contributed by atoms with Crippen LogP contribution in [0.1, 0.15) is 34.1 Å². The summed E-state index contributed by atoms with van der Waals surface area (Å²) in [6, 6.07) is 11.0. The van der Waals surface area contributed by atoms with Crippen molar-refractivity contribution in [2.75, 3.05) is 5.32 Å². The van der Waals surface area contributed by atoms with Gasteiger partial charge in [-0.05, 0) is 36.6 Å². The number of hydrogen-bond acceptors (Lipinski definition) is 3. The molecule has 0 saturated heterocycles. The number of carbonyl (C=O) groups excluding carboxylic acids is 1. The standard InChI is InChI=1S/C16H15N3O/c1-3-12-6-4-5-11(2)15(12)19-16(20)13-7-8-14(9-17)18-10-13/h4-8,10H,3H2,1-2H3,(H,19,20). The zero-order valence-corrected chi connectivity index (χ0v) is 11.5. The molecule has 0 aliphatic heterocycles. The molecule has 4 nitrogen and oxygen atoms in total. The third kappa shape index (κ3) is 2.83. The minimum atomic E-state index is -0.217. The van der Waals surface area contributed by atoms with Gasteiger partial charge in [0.05, 0.1) is 5.56 Å². The van der Waals surface area contributed by atoms with E-state index >= 15 is 0 Å². The van der Waals surface area contributed by atoms with E-state index in [1.807, 2.05) is 38.1 Å². The number of nitriles is 1. The molecule has 1 amide bonds. The highest BCUT2D eigenvalue weighted by atomic mass is 16.1. The van der Waals surface area contributed by atoms with Crippen LogP contribution in [-0.4, -0.2) is 10.9 Å². The Morgan fingerprint density at radius 2 is 2.15 bits per heavy atom. The highest BCUT2D eigenvalue weighted by Gasteiger charge is 2.10. The summed E-state index contributed by atoms with van der Waals surface area (Å²) in [6.45, 7) is 4.01. The molecular formula is C16H15N3O. The van der Waals surface area contributed by atoms with Crippen molar-refractivity contribution >= 4 is 11.6 Å². The molecule has 0 unspecified atom stereocenters. The van der Waals surface area contributed by atoms with Crippen molar-refractivity contribution in [3.63, 3.8) is 0 Å². The van der Waals surface area contributed by atoms with Gasteiger partial charge in [0.2, 0.25) is 0 Å². The lowest BCUT2D eigenvalue weighted by Crippen LogP contribution is -2.14. The Labute approximate surface area is 118 Å². The number of amides is 1. The number of para-hydroxylation sites is 1. The van der Waals surface area contributed by atoms with Crippen molar-refractivity contribution < 1.29 is 4.79 Å². The van der Waals surface area contributed by atoms with Crippen molar-refractivity contribution in [1.82, 2.24) is 4.98 Å². The van der Waals surface area contributed by atoms with Gasteiger partial charge in [-0.2, -0.15) is 5.26 Å². The summed E-state index contributed by atoms with van der Waals surface area (Å²) in [5.41, 5.74) is 3.71. The molecule has 20 heavy (non-hydrogen) atoms. The normalized spacial score (nSPS) is 9.85. The quantitative estimate of drug-likeness (QED) is 0.927. The number of aryl methyl sites for hydroxylation is 2. The first kappa shape index (κ1) is 13.8. The minimum Gasteiger partial charge on any atom is -0.321 e. The average molecular weight is 265 g/mol. The molecule has 0 saturated carbocycles. The van der Waals surface area contributed by atoms with Gasteiger partial charge in [0.15, 0.2) is 0 Å². The van der Waals surface area contributed by atoms with Crippen LogP contribution in [0.2, 0.25) is 0 Å². The van der Waals surface area contributed by atoms with Crippen LogP contribution < -0.4 is 5.32 Å². The molecule has 1 heterocycles. The first-order valence-electron chi connectivity index (χ1n) is 6.41. The van der Waals surface area contributed by atoms with Gasteiger partial charge in [-0.3, -0.25) is 4.79 Å². The second-order valence-electron chi connectivity index (χ2n) is 4.46. The minimum absolute atomic E-state index is 0.217. The van der Waals surface area contributed by atoms with Crippen LogP contribution in [0.25, 0.3) is 0 Å². The summed E-state index contributed by atoms with van der Waals surface area (Å²) in [5, 5.41) is 11.6.